The van der Waals surface area contributed by atoms with Gasteiger partial charge < -0.3 is 14.6 Å². The summed E-state index contributed by atoms with van der Waals surface area (Å²) in [5.74, 6) is -1.57. The largest absolute Gasteiger partial charge is 0.478 e. The number of hydrogen-bond donors (Lipinski definition) is 2. The van der Waals surface area contributed by atoms with Crippen molar-refractivity contribution in [2.24, 2.45) is 0 Å². The van der Waals surface area contributed by atoms with Gasteiger partial charge in [0.05, 0.1) is 0 Å². The van der Waals surface area contributed by atoms with Crippen LogP contribution in [0.2, 0.25) is 0 Å². The van der Waals surface area contributed by atoms with Crippen molar-refractivity contribution in [1.82, 2.24) is 10.2 Å². The molecule has 1 aliphatic carbocycles. The molecule has 0 heterocycles. The van der Waals surface area contributed by atoms with Crippen LogP contribution in [-0.2, 0) is 14.3 Å². The minimum Gasteiger partial charge on any atom is -0.478 e. The van der Waals surface area contributed by atoms with Gasteiger partial charge in [-0.3, -0.25) is 10.2 Å². The molecule has 2 aromatic carbocycles. The van der Waals surface area contributed by atoms with Gasteiger partial charge in [0.25, 0.3) is 0 Å². The standard InChI is InChI=1S/C25H30N2O6/c1-15(2)27(24(31)33-25(3,4)5)21(22(28)29)26-23(30)32-14-20-18-12-8-6-10-16(18)17-11-7-9-13-19(17)20/h6-13,15,20-21H,14H2,1-5H3,(H,26,30)(H,28,29). The number of alkyl carbamates (subject to hydrolysis) is 1. The maximum atomic E-state index is 12.6. The molecule has 0 saturated carbocycles. The molecule has 0 saturated heterocycles. The number of benzene rings is 2. The van der Waals surface area contributed by atoms with Crippen molar-refractivity contribution in [2.75, 3.05) is 6.61 Å². The van der Waals surface area contributed by atoms with Gasteiger partial charge in [0.2, 0.25) is 6.17 Å². The first-order valence-electron chi connectivity index (χ1n) is 10.8. The summed E-state index contributed by atoms with van der Waals surface area (Å²) < 4.78 is 10.8. The molecule has 8 heteroatoms. The molecule has 0 spiro atoms. The molecule has 0 bridgehead atoms. The molecule has 0 radical (unpaired) electrons. The zero-order chi connectivity index (χ0) is 24.3. The molecule has 1 unspecified atom stereocenters. The fraction of sp³-hybridized carbons (Fsp3) is 0.400. The van der Waals surface area contributed by atoms with Crippen molar-refractivity contribution in [3.05, 3.63) is 59.7 Å². The van der Waals surface area contributed by atoms with Crippen molar-refractivity contribution in [2.45, 2.75) is 58.3 Å². The van der Waals surface area contributed by atoms with E-state index in [0.29, 0.717) is 0 Å². The lowest BCUT2D eigenvalue weighted by Crippen LogP contribution is -2.58. The van der Waals surface area contributed by atoms with Crippen LogP contribution in [0.1, 0.15) is 51.7 Å². The molecule has 2 aromatic rings. The topological polar surface area (TPSA) is 105 Å². The van der Waals surface area contributed by atoms with E-state index in [1.807, 2.05) is 48.5 Å². The first-order chi connectivity index (χ1) is 15.5. The van der Waals surface area contributed by atoms with Crippen LogP contribution in [0.4, 0.5) is 9.59 Å². The van der Waals surface area contributed by atoms with Crippen LogP contribution >= 0.6 is 0 Å². The van der Waals surface area contributed by atoms with Gasteiger partial charge in [-0.15, -0.1) is 0 Å². The average molecular weight is 455 g/mol. The van der Waals surface area contributed by atoms with E-state index in [1.165, 1.54) is 0 Å². The monoisotopic (exact) mass is 454 g/mol. The zero-order valence-electron chi connectivity index (χ0n) is 19.5. The van der Waals surface area contributed by atoms with E-state index in [1.54, 1.807) is 34.6 Å². The van der Waals surface area contributed by atoms with E-state index in [9.17, 15) is 19.5 Å². The predicted octanol–water partition coefficient (Wildman–Crippen LogP) is 4.58. The lowest BCUT2D eigenvalue weighted by atomic mass is 9.98. The molecule has 8 nitrogen and oxygen atoms in total. The highest BCUT2D eigenvalue weighted by Gasteiger charge is 2.37. The van der Waals surface area contributed by atoms with Crippen LogP contribution in [0.3, 0.4) is 0 Å². The van der Waals surface area contributed by atoms with E-state index < -0.39 is 36.0 Å². The molecular weight excluding hydrogens is 424 g/mol. The number of carboxylic acid groups (broad SMARTS) is 1. The number of hydrogen-bond acceptors (Lipinski definition) is 5. The Labute approximate surface area is 193 Å². The first kappa shape index (κ1) is 24.1. The van der Waals surface area contributed by atoms with E-state index in [-0.39, 0.29) is 12.5 Å². The highest BCUT2D eigenvalue weighted by Crippen LogP contribution is 2.44. The molecule has 0 fully saturated rings. The summed E-state index contributed by atoms with van der Waals surface area (Å²) in [6.07, 6.45) is -3.42. The Morgan fingerprint density at radius 3 is 1.97 bits per heavy atom. The molecule has 1 atom stereocenters. The summed E-state index contributed by atoms with van der Waals surface area (Å²) in [6, 6.07) is 15.3. The zero-order valence-corrected chi connectivity index (χ0v) is 19.5. The Morgan fingerprint density at radius 1 is 1.00 bits per heavy atom. The summed E-state index contributed by atoms with van der Waals surface area (Å²) in [5.41, 5.74) is 3.43. The lowest BCUT2D eigenvalue weighted by molar-refractivity contribution is -0.145. The smallest absolute Gasteiger partial charge is 0.412 e. The molecule has 1 aliphatic rings. The van der Waals surface area contributed by atoms with Crippen molar-refractivity contribution in [3.8, 4) is 11.1 Å². The predicted molar refractivity (Wildman–Crippen MR) is 123 cm³/mol. The Kier molecular flexibility index (Phi) is 6.95. The van der Waals surface area contributed by atoms with Gasteiger partial charge in [0.15, 0.2) is 0 Å². The molecule has 33 heavy (non-hydrogen) atoms. The van der Waals surface area contributed by atoms with Crippen molar-refractivity contribution in [1.29, 1.82) is 0 Å². The lowest BCUT2D eigenvalue weighted by Gasteiger charge is -2.34. The van der Waals surface area contributed by atoms with Crippen LogP contribution in [0, 0.1) is 0 Å². The molecular formula is C25H30N2O6. The van der Waals surface area contributed by atoms with E-state index >= 15 is 0 Å². The highest BCUT2D eigenvalue weighted by molar-refractivity contribution is 5.84. The Hall–Kier alpha value is -3.55. The van der Waals surface area contributed by atoms with Gasteiger partial charge >= 0.3 is 18.2 Å². The van der Waals surface area contributed by atoms with Crippen LogP contribution in [0.5, 0.6) is 0 Å². The number of carbonyl (C=O) groups excluding carboxylic acids is 2. The summed E-state index contributed by atoms with van der Waals surface area (Å²) in [4.78, 5) is 38.1. The third-order valence-electron chi connectivity index (χ3n) is 5.27. The summed E-state index contributed by atoms with van der Waals surface area (Å²) in [6.45, 7) is 8.34. The summed E-state index contributed by atoms with van der Waals surface area (Å²) in [5, 5.41) is 12.0. The van der Waals surface area contributed by atoms with Gasteiger partial charge in [-0.05, 0) is 56.9 Å². The highest BCUT2D eigenvalue weighted by atomic mass is 16.6. The summed E-state index contributed by atoms with van der Waals surface area (Å²) >= 11 is 0. The van der Waals surface area contributed by atoms with Crippen molar-refractivity contribution in [3.63, 3.8) is 0 Å². The molecule has 0 aliphatic heterocycles. The summed E-state index contributed by atoms with van der Waals surface area (Å²) in [7, 11) is 0. The van der Waals surface area contributed by atoms with E-state index in [0.717, 1.165) is 27.2 Å². The number of nitrogens with zero attached hydrogens (tertiary/aromatic N) is 1. The number of aliphatic carboxylic acids is 1. The number of carboxylic acids is 1. The van der Waals surface area contributed by atoms with Gasteiger partial charge in [-0.2, -0.15) is 0 Å². The molecule has 2 amide bonds. The number of amides is 2. The second-order valence-corrected chi connectivity index (χ2v) is 9.19. The molecule has 0 aromatic heterocycles. The maximum absolute atomic E-state index is 12.6. The second-order valence-electron chi connectivity index (χ2n) is 9.19. The molecule has 3 rings (SSSR count). The van der Waals surface area contributed by atoms with Gasteiger partial charge in [0, 0.05) is 12.0 Å². The van der Waals surface area contributed by atoms with Crippen molar-refractivity contribution >= 4 is 18.2 Å². The van der Waals surface area contributed by atoms with Gasteiger partial charge in [0.1, 0.15) is 12.2 Å². The fourth-order valence-electron chi connectivity index (χ4n) is 3.93. The minimum absolute atomic E-state index is 0.0281. The SMILES string of the molecule is CC(C)N(C(=O)OC(C)(C)C)C(NC(=O)OCC1c2ccccc2-c2ccccc21)C(=O)O. The number of nitrogens with one attached hydrogen (secondary N) is 1. The second kappa shape index (κ2) is 9.52. The van der Waals surface area contributed by atoms with E-state index in [4.69, 9.17) is 9.47 Å². The third kappa shape index (κ3) is 5.45. The number of carbonyl (C=O) groups is 3. The Bertz CT molecular complexity index is 998. The van der Waals surface area contributed by atoms with Crippen LogP contribution in [-0.4, -0.2) is 52.6 Å². The minimum atomic E-state index is -1.64. The number of fused-ring (bicyclic) bond motifs is 3. The Balaban J connectivity index is 1.73. The van der Waals surface area contributed by atoms with E-state index in [2.05, 4.69) is 5.32 Å². The fourth-order valence-corrected chi connectivity index (χ4v) is 3.93. The van der Waals surface area contributed by atoms with Crippen molar-refractivity contribution < 1.29 is 29.0 Å². The molecule has 2 N–H and O–H groups in total. The van der Waals surface area contributed by atoms with Crippen LogP contribution in [0.25, 0.3) is 11.1 Å². The molecule has 176 valence electrons. The maximum Gasteiger partial charge on any atom is 0.412 e. The van der Waals surface area contributed by atoms with Crippen LogP contribution in [0.15, 0.2) is 48.5 Å². The number of ether oxygens (including phenoxy) is 2. The van der Waals surface area contributed by atoms with Gasteiger partial charge in [-0.1, -0.05) is 48.5 Å². The van der Waals surface area contributed by atoms with Crippen LogP contribution < -0.4 is 5.32 Å². The normalized spacial score (nSPS) is 13.6. The average Bonchev–Trinajstić information content (AvgIpc) is 3.04. The van der Waals surface area contributed by atoms with Gasteiger partial charge in [-0.25, -0.2) is 14.4 Å². The Morgan fingerprint density at radius 2 is 1.52 bits per heavy atom. The number of rotatable bonds is 6. The quantitative estimate of drug-likeness (QED) is 0.619. The third-order valence-corrected chi connectivity index (χ3v) is 5.27. The first-order valence-corrected chi connectivity index (χ1v) is 10.8.